The number of nitrogen functional groups attached to an aromatic ring is 1. The summed E-state index contributed by atoms with van der Waals surface area (Å²) in [5.74, 6) is -0.494. The average Bonchev–Trinajstić information content (AvgIpc) is 2.86. The van der Waals surface area contributed by atoms with Gasteiger partial charge in [0, 0.05) is 5.69 Å². The Morgan fingerprint density at radius 3 is 2.75 bits per heavy atom. The number of nitrogens with two attached hydrogens (primary N) is 1. The minimum Gasteiger partial charge on any atom is -0.399 e. The van der Waals surface area contributed by atoms with Crippen LogP contribution in [0.15, 0.2) is 23.4 Å². The molecule has 0 saturated heterocycles. The summed E-state index contributed by atoms with van der Waals surface area (Å²) < 4.78 is 40.7. The number of anilines is 1. The number of sulfonamides is 1. The zero-order chi connectivity index (χ0) is 14.9. The molecule has 0 bridgehead atoms. The van der Waals surface area contributed by atoms with Gasteiger partial charge < -0.3 is 5.73 Å². The Morgan fingerprint density at radius 2 is 2.15 bits per heavy atom. The lowest BCUT2D eigenvalue weighted by atomic mass is 10.2. The van der Waals surface area contributed by atoms with Gasteiger partial charge in [0.15, 0.2) is 0 Å². The molecule has 4 N–H and O–H groups in total. The van der Waals surface area contributed by atoms with Gasteiger partial charge in [-0.2, -0.15) is 5.10 Å². The van der Waals surface area contributed by atoms with Crippen LogP contribution in [0, 0.1) is 12.7 Å². The summed E-state index contributed by atoms with van der Waals surface area (Å²) in [4.78, 5) is 3.35. The summed E-state index contributed by atoms with van der Waals surface area (Å²) in [5.41, 5.74) is 5.90. The van der Waals surface area contributed by atoms with E-state index in [9.17, 15) is 12.8 Å². The topological polar surface area (TPSA) is 114 Å². The van der Waals surface area contributed by atoms with Crippen molar-refractivity contribution in [2.24, 2.45) is 0 Å². The van der Waals surface area contributed by atoms with Crippen molar-refractivity contribution in [3.05, 3.63) is 35.7 Å². The standard InChI is InChI=1S/C11H14FN5O2S/c1-6-3-8(13)4-9(10(6)12)20(18,19)17-7(2)11-14-5-15-16-11/h3-5,7,17H,13H2,1-2H3,(H,14,15,16). The van der Waals surface area contributed by atoms with Gasteiger partial charge in [0.25, 0.3) is 0 Å². The van der Waals surface area contributed by atoms with E-state index in [-0.39, 0.29) is 11.3 Å². The number of benzene rings is 1. The maximum Gasteiger partial charge on any atom is 0.244 e. The molecular formula is C11H14FN5O2S. The fourth-order valence-corrected chi connectivity index (χ4v) is 3.13. The van der Waals surface area contributed by atoms with Crippen LogP contribution in [0.25, 0.3) is 0 Å². The Balaban J connectivity index is 2.36. The molecule has 0 amide bonds. The van der Waals surface area contributed by atoms with Crippen LogP contribution in [0.3, 0.4) is 0 Å². The number of nitrogens with zero attached hydrogens (tertiary/aromatic N) is 2. The summed E-state index contributed by atoms with van der Waals surface area (Å²) >= 11 is 0. The van der Waals surface area contributed by atoms with Gasteiger partial charge in [-0.1, -0.05) is 0 Å². The minimum absolute atomic E-state index is 0.165. The molecule has 0 spiro atoms. The van der Waals surface area contributed by atoms with Crippen LogP contribution >= 0.6 is 0 Å². The molecule has 1 unspecified atom stereocenters. The molecule has 1 atom stereocenters. The third kappa shape index (κ3) is 2.78. The molecule has 9 heteroatoms. The maximum atomic E-state index is 14.0. The number of nitrogens with one attached hydrogen (secondary N) is 2. The van der Waals surface area contributed by atoms with Crippen molar-refractivity contribution in [1.82, 2.24) is 19.9 Å². The van der Waals surface area contributed by atoms with Gasteiger partial charge in [0.2, 0.25) is 10.0 Å². The summed E-state index contributed by atoms with van der Waals surface area (Å²) in [7, 11) is -4.05. The van der Waals surface area contributed by atoms with Crippen LogP contribution in [-0.2, 0) is 10.0 Å². The molecule has 1 aromatic heterocycles. The van der Waals surface area contributed by atoms with Crippen LogP contribution in [-0.4, -0.2) is 23.6 Å². The van der Waals surface area contributed by atoms with Gasteiger partial charge in [-0.25, -0.2) is 22.5 Å². The number of aryl methyl sites for hydroxylation is 1. The first kappa shape index (κ1) is 14.4. The van der Waals surface area contributed by atoms with E-state index in [2.05, 4.69) is 19.9 Å². The minimum atomic E-state index is -4.05. The Hall–Kier alpha value is -2.00. The van der Waals surface area contributed by atoms with Crippen LogP contribution in [0.2, 0.25) is 0 Å². The quantitative estimate of drug-likeness (QED) is 0.725. The van der Waals surface area contributed by atoms with Crippen LogP contribution in [0.5, 0.6) is 0 Å². The van der Waals surface area contributed by atoms with E-state index in [0.717, 1.165) is 6.07 Å². The molecule has 0 fully saturated rings. The summed E-state index contributed by atoms with van der Waals surface area (Å²) in [6.45, 7) is 3.01. The number of halogens is 1. The fraction of sp³-hybridized carbons (Fsp3) is 0.273. The second-order valence-electron chi connectivity index (χ2n) is 4.36. The third-order valence-corrected chi connectivity index (χ3v) is 4.25. The van der Waals surface area contributed by atoms with E-state index in [4.69, 9.17) is 5.73 Å². The second-order valence-corrected chi connectivity index (χ2v) is 6.05. The van der Waals surface area contributed by atoms with Gasteiger partial charge in [0.1, 0.15) is 22.9 Å². The number of hydrogen-bond donors (Lipinski definition) is 3. The fourth-order valence-electron chi connectivity index (χ4n) is 1.74. The van der Waals surface area contributed by atoms with E-state index in [1.54, 1.807) is 6.92 Å². The highest BCUT2D eigenvalue weighted by molar-refractivity contribution is 7.89. The first-order valence-electron chi connectivity index (χ1n) is 5.74. The van der Waals surface area contributed by atoms with Gasteiger partial charge in [-0.15, -0.1) is 0 Å². The van der Waals surface area contributed by atoms with Crippen molar-refractivity contribution >= 4 is 15.7 Å². The van der Waals surface area contributed by atoms with Crippen LogP contribution in [0.4, 0.5) is 10.1 Å². The maximum absolute atomic E-state index is 14.0. The van der Waals surface area contributed by atoms with Gasteiger partial charge in [-0.3, -0.25) is 5.10 Å². The molecule has 1 aromatic carbocycles. The second kappa shape index (κ2) is 5.17. The first-order valence-corrected chi connectivity index (χ1v) is 7.23. The molecular weight excluding hydrogens is 285 g/mol. The van der Waals surface area contributed by atoms with Gasteiger partial charge in [0.05, 0.1) is 6.04 Å². The highest BCUT2D eigenvalue weighted by Crippen LogP contribution is 2.22. The highest BCUT2D eigenvalue weighted by Gasteiger charge is 2.24. The smallest absolute Gasteiger partial charge is 0.244 e. The van der Waals surface area contributed by atoms with Crippen molar-refractivity contribution in [2.75, 3.05) is 5.73 Å². The predicted octanol–water partition coefficient (Wildman–Crippen LogP) is 0.874. The molecule has 20 heavy (non-hydrogen) atoms. The van der Waals surface area contributed by atoms with E-state index in [1.807, 2.05) is 0 Å². The van der Waals surface area contributed by atoms with Crippen LogP contribution in [0.1, 0.15) is 24.4 Å². The lowest BCUT2D eigenvalue weighted by Gasteiger charge is -2.13. The van der Waals surface area contributed by atoms with Gasteiger partial charge in [-0.05, 0) is 31.5 Å². The van der Waals surface area contributed by atoms with E-state index in [0.29, 0.717) is 5.82 Å². The molecule has 0 aliphatic carbocycles. The summed E-state index contributed by atoms with van der Waals surface area (Å²) in [6.07, 6.45) is 1.26. The lowest BCUT2D eigenvalue weighted by Crippen LogP contribution is -2.28. The number of aromatic amines is 1. The summed E-state index contributed by atoms with van der Waals surface area (Å²) in [6, 6.07) is 1.77. The molecule has 0 radical (unpaired) electrons. The van der Waals surface area contributed by atoms with Crippen molar-refractivity contribution in [1.29, 1.82) is 0 Å². The third-order valence-electron chi connectivity index (χ3n) is 2.71. The van der Waals surface area contributed by atoms with E-state index >= 15 is 0 Å². The summed E-state index contributed by atoms with van der Waals surface area (Å²) in [5, 5.41) is 6.17. The van der Waals surface area contributed by atoms with Crippen molar-refractivity contribution < 1.29 is 12.8 Å². The normalized spacial score (nSPS) is 13.3. The number of aromatic nitrogens is 3. The monoisotopic (exact) mass is 299 g/mol. The van der Waals surface area contributed by atoms with Crippen molar-refractivity contribution in [3.8, 4) is 0 Å². The van der Waals surface area contributed by atoms with Crippen LogP contribution < -0.4 is 10.5 Å². The largest absolute Gasteiger partial charge is 0.399 e. The first-order chi connectivity index (χ1) is 9.31. The Labute approximate surface area is 115 Å². The zero-order valence-electron chi connectivity index (χ0n) is 10.9. The Bertz CT molecular complexity index is 715. The number of hydrogen-bond acceptors (Lipinski definition) is 5. The van der Waals surface area contributed by atoms with Crippen molar-refractivity contribution in [3.63, 3.8) is 0 Å². The van der Waals surface area contributed by atoms with E-state index in [1.165, 1.54) is 19.3 Å². The van der Waals surface area contributed by atoms with Crippen molar-refractivity contribution in [2.45, 2.75) is 24.8 Å². The molecule has 0 saturated carbocycles. The molecule has 2 rings (SSSR count). The predicted molar refractivity (Wildman–Crippen MR) is 70.7 cm³/mol. The average molecular weight is 299 g/mol. The zero-order valence-corrected chi connectivity index (χ0v) is 11.7. The Kier molecular flexibility index (Phi) is 3.73. The molecule has 108 valence electrons. The number of H-pyrrole nitrogens is 1. The highest BCUT2D eigenvalue weighted by atomic mass is 32.2. The molecule has 7 nitrogen and oxygen atoms in total. The molecule has 0 aliphatic rings. The number of rotatable bonds is 4. The Morgan fingerprint density at radius 1 is 1.45 bits per heavy atom. The molecule has 0 aliphatic heterocycles. The van der Waals surface area contributed by atoms with Gasteiger partial charge >= 0.3 is 0 Å². The molecule has 2 aromatic rings. The van der Waals surface area contributed by atoms with E-state index < -0.39 is 26.8 Å². The molecule has 1 heterocycles. The SMILES string of the molecule is Cc1cc(N)cc(S(=O)(=O)NC(C)c2ncn[nH]2)c1F. The lowest BCUT2D eigenvalue weighted by molar-refractivity contribution is 0.540.